The van der Waals surface area contributed by atoms with Gasteiger partial charge < -0.3 is 10.3 Å². The van der Waals surface area contributed by atoms with Gasteiger partial charge in [0.15, 0.2) is 0 Å². The number of imidazole rings is 1. The van der Waals surface area contributed by atoms with E-state index in [-0.39, 0.29) is 5.91 Å². The maximum Gasteiger partial charge on any atom is 0.246 e. The molecule has 2 heterocycles. The van der Waals surface area contributed by atoms with Gasteiger partial charge in [-0.15, -0.1) is 0 Å². The van der Waals surface area contributed by atoms with E-state index < -0.39 is 5.54 Å². The Morgan fingerprint density at radius 2 is 2.21 bits per heavy atom. The normalized spacial score (nSPS) is 23.4. The van der Waals surface area contributed by atoms with Crippen molar-refractivity contribution in [2.24, 2.45) is 0 Å². The number of fused-ring (bicyclic) bond motifs is 1. The Morgan fingerprint density at radius 3 is 2.95 bits per heavy atom. The van der Waals surface area contributed by atoms with Gasteiger partial charge in [0.05, 0.1) is 16.6 Å². The van der Waals surface area contributed by atoms with Gasteiger partial charge in [0, 0.05) is 0 Å². The maximum absolute atomic E-state index is 12.3. The number of nitrogens with zero attached hydrogens (tertiary/aromatic N) is 1. The number of carbonyl (C=O) groups excluding carboxylic acids is 1. The van der Waals surface area contributed by atoms with Gasteiger partial charge in [-0.1, -0.05) is 12.1 Å². The summed E-state index contributed by atoms with van der Waals surface area (Å²) in [6.07, 6.45) is 3.07. The Kier molecular flexibility index (Phi) is 2.98. The maximum atomic E-state index is 12.3. The van der Waals surface area contributed by atoms with Crippen molar-refractivity contribution in [3.8, 4) is 0 Å². The van der Waals surface area contributed by atoms with Gasteiger partial charge in [-0.05, 0) is 44.9 Å². The molecule has 5 nitrogen and oxygen atoms in total. The van der Waals surface area contributed by atoms with E-state index in [9.17, 15) is 4.79 Å². The lowest BCUT2D eigenvalue weighted by molar-refractivity contribution is -0.122. The van der Waals surface area contributed by atoms with E-state index in [4.69, 9.17) is 0 Å². The number of aromatic nitrogens is 2. The second-order valence-corrected chi connectivity index (χ2v) is 5.27. The van der Waals surface area contributed by atoms with Crippen molar-refractivity contribution in [1.29, 1.82) is 0 Å². The molecule has 3 N–H and O–H groups in total. The van der Waals surface area contributed by atoms with Crippen LogP contribution in [-0.4, -0.2) is 28.0 Å². The molecule has 1 atom stereocenters. The number of anilines is 1. The van der Waals surface area contributed by atoms with Crippen LogP contribution in [0.4, 0.5) is 5.95 Å². The molecule has 1 aliphatic rings. The van der Waals surface area contributed by atoms with Crippen molar-refractivity contribution in [2.75, 3.05) is 11.9 Å². The minimum Gasteiger partial charge on any atom is -0.324 e. The zero-order chi connectivity index (χ0) is 13.3. The highest BCUT2D eigenvalue weighted by atomic mass is 16.2. The second kappa shape index (κ2) is 4.66. The summed E-state index contributed by atoms with van der Waals surface area (Å²) in [4.78, 5) is 19.8. The van der Waals surface area contributed by atoms with E-state index in [2.05, 4.69) is 20.6 Å². The summed E-state index contributed by atoms with van der Waals surface area (Å²) in [7, 11) is 0. The Hall–Kier alpha value is -1.88. The predicted octanol–water partition coefficient (Wildman–Crippen LogP) is 2.03. The Balaban J connectivity index is 1.78. The third-order valence-electron chi connectivity index (χ3n) is 3.74. The molecule has 1 amide bonds. The molecule has 1 unspecified atom stereocenters. The fraction of sp³-hybridized carbons (Fsp3) is 0.429. The average molecular weight is 258 g/mol. The van der Waals surface area contributed by atoms with Gasteiger partial charge in [0.2, 0.25) is 11.9 Å². The largest absolute Gasteiger partial charge is 0.324 e. The fourth-order valence-corrected chi connectivity index (χ4v) is 2.51. The van der Waals surface area contributed by atoms with E-state index in [0.29, 0.717) is 5.95 Å². The van der Waals surface area contributed by atoms with Crippen molar-refractivity contribution in [2.45, 2.75) is 31.7 Å². The van der Waals surface area contributed by atoms with Crippen molar-refractivity contribution in [3.63, 3.8) is 0 Å². The minimum atomic E-state index is -0.489. The molecule has 100 valence electrons. The first-order valence-electron chi connectivity index (χ1n) is 6.69. The van der Waals surface area contributed by atoms with Crippen LogP contribution in [-0.2, 0) is 4.79 Å². The summed E-state index contributed by atoms with van der Waals surface area (Å²) in [5.74, 6) is 0.492. The van der Waals surface area contributed by atoms with Crippen molar-refractivity contribution in [1.82, 2.24) is 15.3 Å². The summed E-state index contributed by atoms with van der Waals surface area (Å²) >= 11 is 0. The van der Waals surface area contributed by atoms with Crippen LogP contribution in [0.15, 0.2) is 24.3 Å². The number of hydrogen-bond donors (Lipinski definition) is 3. The predicted molar refractivity (Wildman–Crippen MR) is 75.0 cm³/mol. The third kappa shape index (κ3) is 2.33. The van der Waals surface area contributed by atoms with Crippen LogP contribution in [0.5, 0.6) is 0 Å². The van der Waals surface area contributed by atoms with E-state index in [0.717, 1.165) is 36.8 Å². The molecule has 1 aromatic heterocycles. The number of rotatable bonds is 2. The molecule has 1 aliphatic heterocycles. The van der Waals surface area contributed by atoms with Crippen molar-refractivity contribution in [3.05, 3.63) is 24.3 Å². The molecule has 0 aliphatic carbocycles. The summed E-state index contributed by atoms with van der Waals surface area (Å²) in [6, 6.07) is 7.73. The summed E-state index contributed by atoms with van der Waals surface area (Å²) < 4.78 is 0. The van der Waals surface area contributed by atoms with Crippen molar-refractivity contribution >= 4 is 22.9 Å². The van der Waals surface area contributed by atoms with Gasteiger partial charge in [-0.25, -0.2) is 4.98 Å². The number of carbonyl (C=O) groups is 1. The monoisotopic (exact) mass is 258 g/mol. The molecule has 5 heteroatoms. The number of piperidine rings is 1. The molecule has 1 aromatic carbocycles. The molecular weight excluding hydrogens is 240 g/mol. The molecule has 0 bridgehead atoms. The van der Waals surface area contributed by atoms with E-state index >= 15 is 0 Å². The van der Waals surface area contributed by atoms with Crippen LogP contribution in [0.25, 0.3) is 11.0 Å². The highest BCUT2D eigenvalue weighted by Crippen LogP contribution is 2.21. The van der Waals surface area contributed by atoms with Gasteiger partial charge >= 0.3 is 0 Å². The Labute approximate surface area is 111 Å². The zero-order valence-corrected chi connectivity index (χ0v) is 11.0. The lowest BCUT2D eigenvalue weighted by atomic mass is 9.90. The topological polar surface area (TPSA) is 69.8 Å². The van der Waals surface area contributed by atoms with Crippen LogP contribution < -0.4 is 10.6 Å². The first kappa shape index (κ1) is 12.2. The number of nitrogens with one attached hydrogen (secondary N) is 3. The smallest absolute Gasteiger partial charge is 0.246 e. The first-order chi connectivity index (χ1) is 9.17. The van der Waals surface area contributed by atoms with Gasteiger partial charge in [-0.2, -0.15) is 0 Å². The quantitative estimate of drug-likeness (QED) is 0.772. The van der Waals surface area contributed by atoms with Gasteiger partial charge in [0.1, 0.15) is 0 Å². The zero-order valence-electron chi connectivity index (χ0n) is 11.0. The molecule has 2 aromatic rings. The average Bonchev–Trinajstić information content (AvgIpc) is 2.81. The molecule has 3 rings (SSSR count). The summed E-state index contributed by atoms with van der Waals surface area (Å²) in [6.45, 7) is 2.84. The number of aromatic amines is 1. The highest BCUT2D eigenvalue weighted by Gasteiger charge is 2.34. The van der Waals surface area contributed by atoms with E-state index in [1.807, 2.05) is 31.2 Å². The van der Waals surface area contributed by atoms with Crippen LogP contribution >= 0.6 is 0 Å². The van der Waals surface area contributed by atoms with E-state index in [1.165, 1.54) is 0 Å². The minimum absolute atomic E-state index is 0.0220. The third-order valence-corrected chi connectivity index (χ3v) is 3.74. The van der Waals surface area contributed by atoms with Crippen molar-refractivity contribution < 1.29 is 4.79 Å². The number of benzene rings is 1. The number of H-pyrrole nitrogens is 1. The lowest BCUT2D eigenvalue weighted by Crippen LogP contribution is -2.54. The van der Waals surface area contributed by atoms with Crippen LogP contribution in [0.3, 0.4) is 0 Å². The SMILES string of the molecule is CC1(C(=O)Nc2nc3ccccc3[nH]2)CCCCN1. The molecule has 0 spiro atoms. The van der Waals surface area contributed by atoms with E-state index in [1.54, 1.807) is 0 Å². The highest BCUT2D eigenvalue weighted by molar-refractivity contribution is 5.97. The Bertz CT molecular complexity index is 565. The summed E-state index contributed by atoms with van der Waals surface area (Å²) in [5.41, 5.74) is 1.30. The molecule has 1 fully saturated rings. The number of hydrogen-bond acceptors (Lipinski definition) is 3. The summed E-state index contributed by atoms with van der Waals surface area (Å²) in [5, 5.41) is 6.17. The van der Waals surface area contributed by atoms with Crippen LogP contribution in [0.1, 0.15) is 26.2 Å². The Morgan fingerprint density at radius 1 is 1.37 bits per heavy atom. The fourth-order valence-electron chi connectivity index (χ4n) is 2.51. The molecular formula is C14H18N4O. The lowest BCUT2D eigenvalue weighted by Gasteiger charge is -2.33. The van der Waals surface area contributed by atoms with Crippen LogP contribution in [0.2, 0.25) is 0 Å². The number of para-hydroxylation sites is 2. The first-order valence-corrected chi connectivity index (χ1v) is 6.69. The molecule has 0 saturated carbocycles. The molecule has 19 heavy (non-hydrogen) atoms. The number of amides is 1. The molecule has 1 saturated heterocycles. The second-order valence-electron chi connectivity index (χ2n) is 5.27. The van der Waals surface area contributed by atoms with Crippen LogP contribution in [0, 0.1) is 0 Å². The standard InChI is InChI=1S/C14H18N4O/c1-14(8-4-5-9-15-14)12(19)18-13-16-10-6-2-3-7-11(10)17-13/h2-3,6-7,15H,4-5,8-9H2,1H3,(H2,16,17,18,19). The molecule has 0 radical (unpaired) electrons. The van der Waals surface area contributed by atoms with Gasteiger partial charge in [0.25, 0.3) is 0 Å². The van der Waals surface area contributed by atoms with Gasteiger partial charge in [-0.3, -0.25) is 10.1 Å².